The van der Waals surface area contributed by atoms with Gasteiger partial charge in [0.15, 0.2) is 9.84 Å². The lowest BCUT2D eigenvalue weighted by Crippen LogP contribution is -2.55. The molecule has 4 bridgehead atoms. The van der Waals surface area contributed by atoms with Crippen molar-refractivity contribution in [3.63, 3.8) is 0 Å². The van der Waals surface area contributed by atoms with Gasteiger partial charge < -0.3 is 0 Å². The van der Waals surface area contributed by atoms with Crippen LogP contribution in [-0.2, 0) is 20.0 Å². The summed E-state index contributed by atoms with van der Waals surface area (Å²) in [5, 5.41) is 0. The molecule has 0 amide bonds. The van der Waals surface area contributed by atoms with E-state index >= 15 is 0 Å². The van der Waals surface area contributed by atoms with Gasteiger partial charge in [-0.2, -0.15) is 8.42 Å². The minimum absolute atomic E-state index is 0.433. The molecule has 0 spiro atoms. The first kappa shape index (κ1) is 13.8. The highest BCUT2D eigenvalue weighted by Crippen LogP contribution is 2.58. The van der Waals surface area contributed by atoms with Crippen LogP contribution in [0.3, 0.4) is 0 Å². The summed E-state index contributed by atoms with van der Waals surface area (Å²) >= 11 is 0. The van der Waals surface area contributed by atoms with Gasteiger partial charge in [0.05, 0.1) is 16.3 Å². The highest BCUT2D eigenvalue weighted by molar-refractivity contribution is 7.94. The fourth-order valence-electron chi connectivity index (χ4n) is 4.84. The first-order valence-electron chi connectivity index (χ1n) is 6.87. The van der Waals surface area contributed by atoms with Gasteiger partial charge in [0, 0.05) is 0 Å². The third-order valence-corrected chi connectivity index (χ3v) is 8.79. The number of rotatable bonds is 4. The van der Waals surface area contributed by atoms with Crippen LogP contribution in [0.2, 0.25) is 0 Å². The Morgan fingerprint density at radius 1 is 0.842 bits per heavy atom. The molecule has 4 aliphatic rings. The van der Waals surface area contributed by atoms with Gasteiger partial charge in [-0.25, -0.2) is 8.42 Å². The normalized spacial score (nSPS) is 41.6. The smallest absolute Gasteiger partial charge is 0.265 e. The maximum atomic E-state index is 12.6. The summed E-state index contributed by atoms with van der Waals surface area (Å²) in [6.45, 7) is 0. The Hall–Kier alpha value is -0.140. The maximum absolute atomic E-state index is 12.6. The predicted molar refractivity (Wildman–Crippen MR) is 71.1 cm³/mol. The average Bonchev–Trinajstić information content (AvgIpc) is 2.23. The zero-order valence-corrected chi connectivity index (χ0v) is 12.4. The van der Waals surface area contributed by atoms with E-state index in [1.807, 2.05) is 0 Å². The maximum Gasteiger partial charge on any atom is 0.265 e. The van der Waals surface area contributed by atoms with Crippen molar-refractivity contribution >= 4 is 20.0 Å². The van der Waals surface area contributed by atoms with Crippen molar-refractivity contribution < 1.29 is 21.4 Å². The van der Waals surface area contributed by atoms with Crippen molar-refractivity contribution in [1.29, 1.82) is 0 Å². The van der Waals surface area contributed by atoms with Crippen molar-refractivity contribution in [2.24, 2.45) is 17.8 Å². The molecule has 0 heterocycles. The molecule has 5 nitrogen and oxygen atoms in total. The van der Waals surface area contributed by atoms with E-state index in [-0.39, 0.29) is 0 Å². The zero-order valence-electron chi connectivity index (χ0n) is 10.8. The van der Waals surface area contributed by atoms with Crippen LogP contribution in [0.5, 0.6) is 0 Å². The Morgan fingerprint density at radius 2 is 1.26 bits per heavy atom. The van der Waals surface area contributed by atoms with Gasteiger partial charge in [-0.15, -0.1) is 0 Å². The van der Waals surface area contributed by atoms with E-state index < -0.39 is 36.2 Å². The van der Waals surface area contributed by atoms with Gasteiger partial charge >= 0.3 is 0 Å². The molecular weight excluding hydrogens is 288 g/mol. The lowest BCUT2D eigenvalue weighted by Gasteiger charge is -2.55. The molecule has 1 N–H and O–H groups in total. The molecule has 4 rings (SSSR count). The molecule has 0 aliphatic heterocycles. The molecular formula is C12H20O5S2. The average molecular weight is 308 g/mol. The Kier molecular flexibility index (Phi) is 3.04. The lowest BCUT2D eigenvalue weighted by molar-refractivity contribution is 0.0339. The van der Waals surface area contributed by atoms with Crippen LogP contribution in [0, 0.1) is 17.8 Å². The summed E-state index contributed by atoms with van der Waals surface area (Å²) in [5.41, 5.74) is 0. The monoisotopic (exact) mass is 308 g/mol. The van der Waals surface area contributed by atoms with Crippen molar-refractivity contribution in [3.05, 3.63) is 0 Å². The predicted octanol–water partition coefficient (Wildman–Crippen LogP) is 1.26. The summed E-state index contributed by atoms with van der Waals surface area (Å²) in [7, 11) is -7.66. The van der Waals surface area contributed by atoms with E-state index in [0.717, 1.165) is 19.3 Å². The van der Waals surface area contributed by atoms with Gasteiger partial charge in [-0.1, -0.05) is 0 Å². The highest BCUT2D eigenvalue weighted by atomic mass is 32.2. The van der Waals surface area contributed by atoms with Crippen molar-refractivity contribution in [2.45, 2.75) is 43.3 Å². The molecule has 0 atom stereocenters. The summed E-state index contributed by atoms with van der Waals surface area (Å²) in [6.07, 6.45) is 5.54. The lowest BCUT2D eigenvalue weighted by atomic mass is 9.56. The standard InChI is InChI=1S/C12H20O5S2/c13-18(14,1-2-19(15,16)17)12-6-9-3-10(7-12)5-11(4-9)8-12/h9-11H,1-8H2,(H,15,16,17). The van der Waals surface area contributed by atoms with Crippen LogP contribution in [0.1, 0.15) is 38.5 Å². The number of hydrogen-bond donors (Lipinski definition) is 1. The minimum atomic E-state index is -4.21. The van der Waals surface area contributed by atoms with Crippen LogP contribution >= 0.6 is 0 Å². The van der Waals surface area contributed by atoms with Gasteiger partial charge in [0.1, 0.15) is 0 Å². The quantitative estimate of drug-likeness (QED) is 0.790. The first-order chi connectivity index (χ1) is 8.69. The van der Waals surface area contributed by atoms with E-state index in [1.165, 1.54) is 0 Å². The SMILES string of the molecule is O=S(=O)(O)CCS(=O)(=O)C12CC3CC(CC(C3)C1)C2. The molecule has 0 aromatic rings. The van der Waals surface area contributed by atoms with E-state index in [4.69, 9.17) is 4.55 Å². The third kappa shape index (κ3) is 2.45. The third-order valence-electron chi connectivity index (χ3n) is 5.25. The Morgan fingerprint density at radius 3 is 1.63 bits per heavy atom. The summed E-state index contributed by atoms with van der Waals surface area (Å²) in [6, 6.07) is 0. The molecule has 19 heavy (non-hydrogen) atoms. The molecule has 0 unspecified atom stereocenters. The van der Waals surface area contributed by atoms with E-state index in [1.54, 1.807) is 0 Å². The zero-order chi connectivity index (χ0) is 13.9. The van der Waals surface area contributed by atoms with Crippen LogP contribution in [0.4, 0.5) is 0 Å². The first-order valence-corrected chi connectivity index (χ1v) is 10.1. The van der Waals surface area contributed by atoms with Gasteiger partial charge in [-0.3, -0.25) is 4.55 Å². The van der Waals surface area contributed by atoms with Crippen LogP contribution < -0.4 is 0 Å². The van der Waals surface area contributed by atoms with Crippen molar-refractivity contribution in [2.75, 3.05) is 11.5 Å². The Bertz CT molecular complexity index is 540. The number of hydrogen-bond acceptors (Lipinski definition) is 4. The van der Waals surface area contributed by atoms with Gasteiger partial charge in [0.25, 0.3) is 10.1 Å². The molecule has 7 heteroatoms. The van der Waals surface area contributed by atoms with Crippen LogP contribution in [0.15, 0.2) is 0 Å². The topological polar surface area (TPSA) is 88.5 Å². The molecule has 4 fully saturated rings. The second kappa shape index (κ2) is 4.18. The molecule has 0 aromatic heterocycles. The van der Waals surface area contributed by atoms with E-state index in [2.05, 4.69) is 0 Å². The van der Waals surface area contributed by atoms with Crippen molar-refractivity contribution in [1.82, 2.24) is 0 Å². The van der Waals surface area contributed by atoms with Crippen LogP contribution in [0.25, 0.3) is 0 Å². The largest absolute Gasteiger partial charge is 0.286 e. The van der Waals surface area contributed by atoms with Crippen LogP contribution in [-0.4, -0.2) is 37.6 Å². The highest BCUT2D eigenvalue weighted by Gasteiger charge is 2.57. The Labute approximate surface area is 114 Å². The summed E-state index contributed by atoms with van der Waals surface area (Å²) in [4.78, 5) is 0. The molecule has 0 aromatic carbocycles. The van der Waals surface area contributed by atoms with Crippen molar-refractivity contribution in [3.8, 4) is 0 Å². The fraction of sp³-hybridized carbons (Fsp3) is 1.00. The summed E-state index contributed by atoms with van der Waals surface area (Å²) in [5.74, 6) is 0.417. The van der Waals surface area contributed by atoms with Gasteiger partial charge in [0.2, 0.25) is 0 Å². The Balaban J connectivity index is 1.84. The molecule has 0 radical (unpaired) electrons. The number of sulfone groups is 1. The fourth-order valence-corrected chi connectivity index (χ4v) is 8.47. The van der Waals surface area contributed by atoms with Gasteiger partial charge in [-0.05, 0) is 56.3 Å². The van der Waals surface area contributed by atoms with E-state index in [9.17, 15) is 16.8 Å². The second-order valence-corrected chi connectivity index (χ2v) is 10.8. The minimum Gasteiger partial charge on any atom is -0.286 e. The molecule has 4 saturated carbocycles. The second-order valence-electron chi connectivity index (χ2n) is 6.71. The summed E-state index contributed by atoms with van der Waals surface area (Å²) < 4.78 is 54.8. The molecule has 4 aliphatic carbocycles. The molecule has 110 valence electrons. The molecule has 0 saturated heterocycles. The van der Waals surface area contributed by atoms with E-state index in [0.29, 0.717) is 37.0 Å².